The van der Waals surface area contributed by atoms with E-state index in [4.69, 9.17) is 21.4 Å². The van der Waals surface area contributed by atoms with Gasteiger partial charge in [-0.2, -0.15) is 0 Å². The average molecular weight is 432 g/mol. The molecule has 5 nitrogen and oxygen atoms in total. The second kappa shape index (κ2) is 7.46. The SMILES string of the molecule is O=C(Nc1cc(I)c(Cl)c(C(=O)O)c1)OCc1ccccc1. The van der Waals surface area contributed by atoms with Crippen LogP contribution in [0.3, 0.4) is 0 Å². The maximum absolute atomic E-state index is 11.7. The standard InChI is InChI=1S/C15H11ClINO4/c16-13-11(14(19)20)6-10(7-12(13)17)18-15(21)22-8-9-4-2-1-3-5-9/h1-7H,8H2,(H,18,21)(H,19,20). The number of carbonyl (C=O) groups is 2. The summed E-state index contributed by atoms with van der Waals surface area (Å²) in [6.45, 7) is 0.128. The van der Waals surface area contributed by atoms with E-state index in [0.717, 1.165) is 5.56 Å². The number of hydrogen-bond acceptors (Lipinski definition) is 3. The van der Waals surface area contributed by atoms with Crippen LogP contribution in [0, 0.1) is 3.57 Å². The molecule has 2 aromatic rings. The summed E-state index contributed by atoms with van der Waals surface area (Å²) in [5.41, 5.74) is 1.09. The van der Waals surface area contributed by atoms with Gasteiger partial charge in [0.25, 0.3) is 0 Å². The minimum Gasteiger partial charge on any atom is -0.478 e. The zero-order valence-corrected chi connectivity index (χ0v) is 14.1. The van der Waals surface area contributed by atoms with Gasteiger partial charge in [-0.05, 0) is 40.3 Å². The summed E-state index contributed by atoms with van der Waals surface area (Å²) >= 11 is 7.80. The molecule has 0 aliphatic carbocycles. The first-order chi connectivity index (χ1) is 10.5. The van der Waals surface area contributed by atoms with Gasteiger partial charge >= 0.3 is 12.1 Å². The van der Waals surface area contributed by atoms with Crippen molar-refractivity contribution in [1.29, 1.82) is 0 Å². The second-order valence-electron chi connectivity index (χ2n) is 4.31. The van der Waals surface area contributed by atoms with E-state index < -0.39 is 12.1 Å². The molecule has 2 rings (SSSR count). The molecular formula is C15H11ClINO4. The molecule has 0 radical (unpaired) electrons. The first kappa shape index (κ1) is 16.6. The molecule has 7 heteroatoms. The molecule has 0 unspecified atom stereocenters. The molecule has 22 heavy (non-hydrogen) atoms. The van der Waals surface area contributed by atoms with Gasteiger partial charge in [-0.25, -0.2) is 9.59 Å². The fourth-order valence-electron chi connectivity index (χ4n) is 1.69. The number of ether oxygens (including phenoxy) is 1. The lowest BCUT2D eigenvalue weighted by atomic mass is 10.2. The average Bonchev–Trinajstić information content (AvgIpc) is 2.49. The minimum absolute atomic E-state index is 0.0769. The number of carboxylic acid groups (broad SMARTS) is 1. The van der Waals surface area contributed by atoms with Crippen LogP contribution in [0.1, 0.15) is 15.9 Å². The third-order valence-electron chi connectivity index (χ3n) is 2.72. The van der Waals surface area contributed by atoms with Crippen molar-refractivity contribution in [3.05, 3.63) is 62.2 Å². The minimum atomic E-state index is -1.16. The molecule has 2 aromatic carbocycles. The molecule has 0 bridgehead atoms. The van der Waals surface area contributed by atoms with Crippen molar-refractivity contribution in [2.45, 2.75) is 6.61 Å². The Bertz CT molecular complexity index is 706. The van der Waals surface area contributed by atoms with Gasteiger partial charge in [0.1, 0.15) is 6.61 Å². The number of nitrogens with one attached hydrogen (secondary N) is 1. The summed E-state index contributed by atoms with van der Waals surface area (Å²) in [5, 5.41) is 11.7. The van der Waals surface area contributed by atoms with Crippen molar-refractivity contribution in [3.63, 3.8) is 0 Å². The van der Waals surface area contributed by atoms with E-state index in [1.165, 1.54) is 6.07 Å². The van der Waals surface area contributed by atoms with E-state index in [0.29, 0.717) is 9.26 Å². The highest BCUT2D eigenvalue weighted by Gasteiger charge is 2.15. The summed E-state index contributed by atoms with van der Waals surface area (Å²) < 4.78 is 5.60. The molecule has 0 saturated carbocycles. The number of carboxylic acids is 1. The molecule has 0 saturated heterocycles. The van der Waals surface area contributed by atoms with E-state index in [9.17, 15) is 9.59 Å². The molecule has 0 heterocycles. The predicted octanol–water partition coefficient (Wildman–Crippen LogP) is 4.39. The summed E-state index contributed by atoms with van der Waals surface area (Å²) in [7, 11) is 0. The Morgan fingerprint density at radius 1 is 1.23 bits per heavy atom. The topological polar surface area (TPSA) is 75.6 Å². The zero-order chi connectivity index (χ0) is 16.1. The number of carbonyl (C=O) groups excluding carboxylic acids is 1. The lowest BCUT2D eigenvalue weighted by Gasteiger charge is -2.09. The number of hydrogen-bond donors (Lipinski definition) is 2. The van der Waals surface area contributed by atoms with Gasteiger partial charge in [0.15, 0.2) is 0 Å². The van der Waals surface area contributed by atoms with Crippen LogP contribution in [0.25, 0.3) is 0 Å². The van der Waals surface area contributed by atoms with Crippen molar-refractivity contribution < 1.29 is 19.4 Å². The van der Waals surface area contributed by atoms with Crippen molar-refractivity contribution in [1.82, 2.24) is 0 Å². The Hall–Kier alpha value is -1.80. The van der Waals surface area contributed by atoms with Crippen molar-refractivity contribution in [2.75, 3.05) is 5.32 Å². The van der Waals surface area contributed by atoms with E-state index in [1.54, 1.807) is 6.07 Å². The van der Waals surface area contributed by atoms with Gasteiger partial charge in [0.2, 0.25) is 0 Å². The van der Waals surface area contributed by atoms with Gasteiger partial charge in [0.05, 0.1) is 10.6 Å². The molecule has 0 aliphatic rings. The maximum atomic E-state index is 11.7. The predicted molar refractivity (Wildman–Crippen MR) is 91.4 cm³/mol. The molecule has 0 fully saturated rings. The number of benzene rings is 2. The molecule has 0 aliphatic heterocycles. The van der Waals surface area contributed by atoms with Crippen LogP contribution in [-0.2, 0) is 11.3 Å². The Kier molecular flexibility index (Phi) is 5.62. The number of aromatic carboxylic acids is 1. The first-order valence-electron chi connectivity index (χ1n) is 6.17. The Morgan fingerprint density at radius 3 is 2.55 bits per heavy atom. The van der Waals surface area contributed by atoms with E-state index in [1.807, 2.05) is 52.9 Å². The van der Waals surface area contributed by atoms with Gasteiger partial charge < -0.3 is 9.84 Å². The van der Waals surface area contributed by atoms with Crippen molar-refractivity contribution >= 4 is 51.9 Å². The quantitative estimate of drug-likeness (QED) is 0.704. The lowest BCUT2D eigenvalue weighted by molar-refractivity contribution is 0.0697. The van der Waals surface area contributed by atoms with Crippen LogP contribution in [-0.4, -0.2) is 17.2 Å². The summed E-state index contributed by atoms with van der Waals surface area (Å²) in [5.74, 6) is -1.16. The molecule has 1 amide bonds. The Balaban J connectivity index is 2.04. The molecular weight excluding hydrogens is 421 g/mol. The number of halogens is 2. The lowest BCUT2D eigenvalue weighted by Crippen LogP contribution is -2.14. The smallest absolute Gasteiger partial charge is 0.411 e. The van der Waals surface area contributed by atoms with Crippen LogP contribution >= 0.6 is 34.2 Å². The molecule has 114 valence electrons. The monoisotopic (exact) mass is 431 g/mol. The largest absolute Gasteiger partial charge is 0.478 e. The molecule has 2 N–H and O–H groups in total. The summed E-state index contributed by atoms with van der Waals surface area (Å²) in [6, 6.07) is 12.1. The van der Waals surface area contributed by atoms with E-state index in [2.05, 4.69) is 5.32 Å². The fourth-order valence-corrected chi connectivity index (χ4v) is 2.51. The van der Waals surface area contributed by atoms with Gasteiger partial charge in [-0.3, -0.25) is 5.32 Å². The maximum Gasteiger partial charge on any atom is 0.411 e. The van der Waals surface area contributed by atoms with Crippen LogP contribution < -0.4 is 5.32 Å². The number of rotatable bonds is 4. The van der Waals surface area contributed by atoms with Crippen LogP contribution in [0.5, 0.6) is 0 Å². The highest BCUT2D eigenvalue weighted by molar-refractivity contribution is 14.1. The fraction of sp³-hybridized carbons (Fsp3) is 0.0667. The molecule has 0 atom stereocenters. The van der Waals surface area contributed by atoms with E-state index in [-0.39, 0.29) is 17.2 Å². The number of amides is 1. The summed E-state index contributed by atoms with van der Waals surface area (Å²) in [4.78, 5) is 22.8. The molecule has 0 aromatic heterocycles. The van der Waals surface area contributed by atoms with Gasteiger partial charge in [-0.1, -0.05) is 41.9 Å². The molecule has 0 spiro atoms. The Labute approximate surface area is 145 Å². The van der Waals surface area contributed by atoms with E-state index >= 15 is 0 Å². The van der Waals surface area contributed by atoms with Gasteiger partial charge in [-0.15, -0.1) is 0 Å². The highest BCUT2D eigenvalue weighted by atomic mass is 127. The first-order valence-corrected chi connectivity index (χ1v) is 7.63. The number of anilines is 1. The Morgan fingerprint density at radius 2 is 1.91 bits per heavy atom. The van der Waals surface area contributed by atoms with Crippen molar-refractivity contribution in [2.24, 2.45) is 0 Å². The van der Waals surface area contributed by atoms with Crippen LogP contribution in [0.2, 0.25) is 5.02 Å². The third-order valence-corrected chi connectivity index (χ3v) is 4.29. The third kappa shape index (κ3) is 4.35. The van der Waals surface area contributed by atoms with Crippen LogP contribution in [0.15, 0.2) is 42.5 Å². The van der Waals surface area contributed by atoms with Crippen LogP contribution in [0.4, 0.5) is 10.5 Å². The van der Waals surface area contributed by atoms with Gasteiger partial charge in [0, 0.05) is 9.26 Å². The van der Waals surface area contributed by atoms with Crippen molar-refractivity contribution in [3.8, 4) is 0 Å². The normalized spacial score (nSPS) is 10.1. The zero-order valence-electron chi connectivity index (χ0n) is 11.2. The second-order valence-corrected chi connectivity index (χ2v) is 5.85. The summed E-state index contributed by atoms with van der Waals surface area (Å²) in [6.07, 6.45) is -0.668. The highest BCUT2D eigenvalue weighted by Crippen LogP contribution is 2.27.